The molecule has 0 atom stereocenters. The summed E-state index contributed by atoms with van der Waals surface area (Å²) in [5.41, 5.74) is 1.02. The van der Waals surface area contributed by atoms with Crippen LogP contribution in [0.2, 0.25) is 0 Å². The molecule has 13 heavy (non-hydrogen) atoms. The van der Waals surface area contributed by atoms with Gasteiger partial charge >= 0.3 is 0 Å². The minimum atomic E-state index is 0.176. The van der Waals surface area contributed by atoms with E-state index in [9.17, 15) is 9.59 Å². The number of carbonyl (C=O) groups excluding carboxylic acids is 2. The smallest absolute Gasteiger partial charge is 0.192 e. The lowest BCUT2D eigenvalue weighted by Gasteiger charge is -2.10. The first-order chi connectivity index (χ1) is 6.22. The van der Waals surface area contributed by atoms with Gasteiger partial charge in [-0.05, 0) is 24.7 Å². The number of ketones is 1. The number of hydrogen-bond donors (Lipinski definition) is 0. The van der Waals surface area contributed by atoms with Crippen molar-refractivity contribution in [2.75, 3.05) is 5.75 Å². The van der Waals surface area contributed by atoms with Crippen LogP contribution in [0.3, 0.4) is 0 Å². The number of hydrogen-bond acceptors (Lipinski definition) is 3. The second-order valence-electron chi connectivity index (χ2n) is 3.10. The van der Waals surface area contributed by atoms with Crippen LogP contribution in [0.4, 0.5) is 0 Å². The average Bonchev–Trinajstić information content (AvgIpc) is 2.04. The summed E-state index contributed by atoms with van der Waals surface area (Å²) >= 11 is 1.34. The zero-order valence-corrected chi connectivity index (χ0v) is 8.65. The second-order valence-corrected chi connectivity index (χ2v) is 4.43. The Hall–Kier alpha value is -0.570. The van der Waals surface area contributed by atoms with Gasteiger partial charge in [0, 0.05) is 12.8 Å². The molecular weight excluding hydrogens is 184 g/mol. The molecular formula is C10H14O2S. The third-order valence-electron chi connectivity index (χ3n) is 1.96. The van der Waals surface area contributed by atoms with Crippen LogP contribution >= 0.6 is 11.8 Å². The van der Waals surface area contributed by atoms with Crippen molar-refractivity contribution in [3.05, 3.63) is 11.6 Å². The van der Waals surface area contributed by atoms with E-state index in [4.69, 9.17) is 0 Å². The van der Waals surface area contributed by atoms with Crippen LogP contribution in [0.15, 0.2) is 11.6 Å². The largest absolute Gasteiger partial charge is 0.295 e. The summed E-state index contributed by atoms with van der Waals surface area (Å²) in [6.45, 7) is 1.96. The molecule has 0 aromatic heterocycles. The van der Waals surface area contributed by atoms with Gasteiger partial charge in [-0.2, -0.15) is 0 Å². The van der Waals surface area contributed by atoms with E-state index in [-0.39, 0.29) is 10.9 Å². The Labute approximate surface area is 82.8 Å². The molecule has 1 aliphatic carbocycles. The molecule has 0 spiro atoms. The van der Waals surface area contributed by atoms with Gasteiger partial charge in [-0.1, -0.05) is 24.3 Å². The molecule has 0 N–H and O–H groups in total. The van der Waals surface area contributed by atoms with E-state index < -0.39 is 0 Å². The molecule has 0 saturated carbocycles. The van der Waals surface area contributed by atoms with Gasteiger partial charge in [0.05, 0.1) is 0 Å². The van der Waals surface area contributed by atoms with Gasteiger partial charge in [0.25, 0.3) is 0 Å². The summed E-state index contributed by atoms with van der Waals surface area (Å²) in [5, 5.41) is 0.184. The molecule has 0 heterocycles. The molecule has 3 heteroatoms. The Balaban J connectivity index is 2.44. The number of allylic oxidation sites excluding steroid dienone is 2. The highest BCUT2D eigenvalue weighted by Crippen LogP contribution is 2.20. The molecule has 0 aromatic carbocycles. The minimum Gasteiger partial charge on any atom is -0.295 e. The summed E-state index contributed by atoms with van der Waals surface area (Å²) < 4.78 is 0. The highest BCUT2D eigenvalue weighted by atomic mass is 32.2. The van der Waals surface area contributed by atoms with E-state index in [0.717, 1.165) is 24.2 Å². The van der Waals surface area contributed by atoms with E-state index in [2.05, 4.69) is 0 Å². The quantitative estimate of drug-likeness (QED) is 0.698. The third kappa shape index (κ3) is 3.77. The molecule has 0 saturated heterocycles. The summed E-state index contributed by atoms with van der Waals surface area (Å²) in [5.74, 6) is 0.996. The fourth-order valence-electron chi connectivity index (χ4n) is 1.40. The molecule has 0 unspecified atom stereocenters. The van der Waals surface area contributed by atoms with Gasteiger partial charge in [0.1, 0.15) is 0 Å². The Morgan fingerprint density at radius 1 is 1.54 bits per heavy atom. The Bertz CT molecular complexity index is 243. The maximum atomic E-state index is 11.2. The average molecular weight is 198 g/mol. The van der Waals surface area contributed by atoms with E-state index in [1.54, 1.807) is 6.08 Å². The predicted molar refractivity (Wildman–Crippen MR) is 54.7 cm³/mol. The SMILES string of the molecule is CCSC(=O)CC1=CC(=O)CCC1. The van der Waals surface area contributed by atoms with Gasteiger partial charge in [-0.25, -0.2) is 0 Å². The van der Waals surface area contributed by atoms with Crippen molar-refractivity contribution in [2.45, 2.75) is 32.6 Å². The highest BCUT2D eigenvalue weighted by Gasteiger charge is 2.12. The predicted octanol–water partition coefficient (Wildman–Crippen LogP) is 2.34. The van der Waals surface area contributed by atoms with Gasteiger partial charge in [-0.15, -0.1) is 0 Å². The number of carbonyl (C=O) groups is 2. The summed E-state index contributed by atoms with van der Waals surface area (Å²) in [7, 11) is 0. The zero-order valence-electron chi connectivity index (χ0n) is 7.84. The minimum absolute atomic E-state index is 0.176. The van der Waals surface area contributed by atoms with Crippen molar-refractivity contribution < 1.29 is 9.59 Å². The number of rotatable bonds is 3. The van der Waals surface area contributed by atoms with Crippen LogP contribution in [-0.2, 0) is 9.59 Å². The third-order valence-corrected chi connectivity index (χ3v) is 2.72. The fourth-order valence-corrected chi connectivity index (χ4v) is 2.01. The summed E-state index contributed by atoms with van der Waals surface area (Å²) in [6, 6.07) is 0. The molecule has 1 aliphatic rings. The van der Waals surface area contributed by atoms with Crippen molar-refractivity contribution >= 4 is 22.7 Å². The first-order valence-electron chi connectivity index (χ1n) is 4.60. The lowest BCUT2D eigenvalue weighted by atomic mass is 9.97. The zero-order chi connectivity index (χ0) is 9.68. The Morgan fingerprint density at radius 3 is 2.92 bits per heavy atom. The molecule has 1 rings (SSSR count). The first-order valence-corrected chi connectivity index (χ1v) is 5.59. The van der Waals surface area contributed by atoms with Gasteiger partial charge in [-0.3, -0.25) is 9.59 Å². The first kappa shape index (κ1) is 10.5. The molecule has 0 bridgehead atoms. The van der Waals surface area contributed by atoms with Crippen molar-refractivity contribution in [1.82, 2.24) is 0 Å². The van der Waals surface area contributed by atoms with E-state index >= 15 is 0 Å². The molecule has 72 valence electrons. The normalized spacial score (nSPS) is 17.0. The van der Waals surface area contributed by atoms with E-state index in [1.165, 1.54) is 11.8 Å². The topological polar surface area (TPSA) is 34.1 Å². The van der Waals surface area contributed by atoms with Crippen LogP contribution < -0.4 is 0 Å². The monoisotopic (exact) mass is 198 g/mol. The molecule has 0 aromatic rings. The number of thioether (sulfide) groups is 1. The van der Waals surface area contributed by atoms with Crippen molar-refractivity contribution in [2.24, 2.45) is 0 Å². The van der Waals surface area contributed by atoms with Crippen LogP contribution in [-0.4, -0.2) is 16.7 Å². The van der Waals surface area contributed by atoms with Crippen LogP contribution in [0, 0.1) is 0 Å². The molecule has 0 fully saturated rings. The van der Waals surface area contributed by atoms with E-state index in [0.29, 0.717) is 12.8 Å². The lowest BCUT2D eigenvalue weighted by molar-refractivity contribution is -0.115. The molecule has 2 nitrogen and oxygen atoms in total. The Morgan fingerprint density at radius 2 is 2.31 bits per heavy atom. The van der Waals surface area contributed by atoms with Crippen molar-refractivity contribution in [1.29, 1.82) is 0 Å². The highest BCUT2D eigenvalue weighted by molar-refractivity contribution is 8.13. The van der Waals surface area contributed by atoms with Gasteiger partial charge in [0.2, 0.25) is 0 Å². The Kier molecular flexibility index (Phi) is 4.22. The van der Waals surface area contributed by atoms with Gasteiger partial charge in [0.15, 0.2) is 10.9 Å². The molecule has 0 amide bonds. The maximum absolute atomic E-state index is 11.2. The van der Waals surface area contributed by atoms with Crippen LogP contribution in [0.1, 0.15) is 32.6 Å². The summed E-state index contributed by atoms with van der Waals surface area (Å²) in [6.07, 6.45) is 4.59. The molecule has 0 radical (unpaired) electrons. The van der Waals surface area contributed by atoms with Crippen molar-refractivity contribution in [3.63, 3.8) is 0 Å². The fraction of sp³-hybridized carbons (Fsp3) is 0.600. The summed E-state index contributed by atoms with van der Waals surface area (Å²) in [4.78, 5) is 22.2. The lowest BCUT2D eigenvalue weighted by Crippen LogP contribution is -2.05. The maximum Gasteiger partial charge on any atom is 0.192 e. The van der Waals surface area contributed by atoms with Crippen LogP contribution in [0.5, 0.6) is 0 Å². The van der Waals surface area contributed by atoms with Crippen LogP contribution in [0.25, 0.3) is 0 Å². The molecule has 0 aliphatic heterocycles. The van der Waals surface area contributed by atoms with E-state index in [1.807, 2.05) is 6.92 Å². The van der Waals surface area contributed by atoms with Crippen molar-refractivity contribution in [3.8, 4) is 0 Å². The van der Waals surface area contributed by atoms with Gasteiger partial charge < -0.3 is 0 Å². The second kappa shape index (κ2) is 5.22. The standard InChI is InChI=1S/C10H14O2S/c1-2-13-10(12)7-8-4-3-5-9(11)6-8/h6H,2-5,7H2,1H3.